The molecule has 3 heteroatoms. The molecule has 0 aliphatic carbocycles. The van der Waals surface area contributed by atoms with Gasteiger partial charge in [0.15, 0.2) is 0 Å². The topological polar surface area (TPSA) is 24.7 Å². The number of rotatable bonds is 6. The van der Waals surface area contributed by atoms with Crippen LogP contribution in [0.2, 0.25) is 0 Å². The molecule has 0 atom stereocenters. The van der Waals surface area contributed by atoms with Gasteiger partial charge in [-0.2, -0.15) is 0 Å². The summed E-state index contributed by atoms with van der Waals surface area (Å²) in [6.45, 7) is 10.6. The zero-order valence-electron chi connectivity index (χ0n) is 15.9. The van der Waals surface area contributed by atoms with Gasteiger partial charge < -0.3 is 0 Å². The molecule has 0 aliphatic rings. The molecule has 2 rings (SSSR count). The Morgan fingerprint density at radius 2 is 1.28 bits per heavy atom. The van der Waals surface area contributed by atoms with Crippen molar-refractivity contribution in [3.05, 3.63) is 58.7 Å². The number of hydrogen-bond acceptors (Lipinski definition) is 2. The van der Waals surface area contributed by atoms with E-state index >= 15 is 0 Å². The van der Waals surface area contributed by atoms with Gasteiger partial charge in [0, 0.05) is 26.6 Å². The predicted octanol–water partition coefficient (Wildman–Crippen LogP) is 6.58. The van der Waals surface area contributed by atoms with Gasteiger partial charge in [-0.25, -0.2) is 0 Å². The van der Waals surface area contributed by atoms with E-state index in [2.05, 4.69) is 76.0 Å². The first-order valence-corrected chi connectivity index (χ1v) is 8.74. The van der Waals surface area contributed by atoms with E-state index in [4.69, 9.17) is 4.99 Å². The van der Waals surface area contributed by atoms with Crippen molar-refractivity contribution in [1.29, 1.82) is 0 Å². The maximum atomic E-state index is 4.85. The van der Waals surface area contributed by atoms with Crippen molar-refractivity contribution in [2.45, 2.75) is 53.9 Å². The van der Waals surface area contributed by atoms with Crippen LogP contribution in [0.25, 0.3) is 0 Å². The zero-order valence-corrected chi connectivity index (χ0v) is 17.4. The quantitative estimate of drug-likeness (QED) is 0.368. The Balaban J connectivity index is 0.00000312. The van der Waals surface area contributed by atoms with Crippen molar-refractivity contribution in [3.63, 3.8) is 0 Å². The number of nitrogens with zero attached hydrogens (tertiary/aromatic N) is 2. The van der Waals surface area contributed by atoms with Gasteiger partial charge in [0.1, 0.15) is 0 Å². The minimum Gasteiger partial charge on any atom is -0.255 e. The molecule has 0 bridgehead atoms. The van der Waals surface area contributed by atoms with Crippen LogP contribution in [0.15, 0.2) is 46.4 Å². The van der Waals surface area contributed by atoms with Gasteiger partial charge in [-0.15, -0.1) is 0 Å². The Morgan fingerprint density at radius 3 is 1.76 bits per heavy atom. The molecule has 0 aliphatic heterocycles. The van der Waals surface area contributed by atoms with Gasteiger partial charge in [0.2, 0.25) is 0 Å². The second kappa shape index (κ2) is 10.4. The second-order valence-corrected chi connectivity index (χ2v) is 6.66. The van der Waals surface area contributed by atoms with E-state index in [1.807, 2.05) is 6.21 Å². The fourth-order valence-corrected chi connectivity index (χ4v) is 2.86. The molecule has 2 aromatic carbocycles. The van der Waals surface area contributed by atoms with E-state index in [1.54, 1.807) is 0 Å². The van der Waals surface area contributed by atoms with Gasteiger partial charge >= 0.3 is 0 Å². The Bertz CT molecular complexity index is 720. The first kappa shape index (κ1) is 21.5. The Labute approximate surface area is 166 Å². The van der Waals surface area contributed by atoms with Crippen LogP contribution >= 0.6 is 0 Å². The Morgan fingerprint density at radius 1 is 0.800 bits per heavy atom. The van der Waals surface area contributed by atoms with Gasteiger partial charge in [0.25, 0.3) is 0 Å². The molecule has 0 aromatic heterocycles. The van der Waals surface area contributed by atoms with E-state index in [1.165, 1.54) is 22.3 Å². The summed E-state index contributed by atoms with van der Waals surface area (Å²) in [6.07, 6.45) is 5.17. The number of unbranched alkanes of at least 4 members (excludes halogenated alkanes) is 1. The fraction of sp³-hybridized carbons (Fsp3) is 0.364. The van der Waals surface area contributed by atoms with Crippen LogP contribution in [0.1, 0.15) is 48.4 Å². The van der Waals surface area contributed by atoms with Gasteiger partial charge in [-0.1, -0.05) is 25.5 Å². The average molecular weight is 427 g/mol. The average Bonchev–Trinajstić information content (AvgIpc) is 2.48. The molecule has 136 valence electrons. The Hall–Kier alpha value is -1.56. The summed E-state index contributed by atoms with van der Waals surface area (Å²) in [5.74, 6) is 0. The number of hydrogen-bond donors (Lipinski definition) is 0. The van der Waals surface area contributed by atoms with Gasteiger partial charge in [-0.3, -0.25) is 9.98 Å². The molecule has 0 unspecified atom stereocenters. The van der Waals surface area contributed by atoms with E-state index in [0.717, 1.165) is 36.3 Å². The van der Waals surface area contributed by atoms with Crippen LogP contribution in [0.5, 0.6) is 0 Å². The third-order valence-electron chi connectivity index (χ3n) is 3.83. The normalized spacial score (nSPS) is 11.6. The van der Waals surface area contributed by atoms with Crippen LogP contribution < -0.4 is 0 Å². The largest absolute Gasteiger partial charge is 0.255 e. The molecule has 0 saturated heterocycles. The number of aryl methyl sites for hydroxylation is 4. The summed E-state index contributed by atoms with van der Waals surface area (Å²) in [5, 5.41) is 0. The molecule has 0 spiro atoms. The fourth-order valence-electron chi connectivity index (χ4n) is 2.86. The van der Waals surface area contributed by atoms with Crippen LogP contribution in [-0.4, -0.2) is 11.9 Å². The summed E-state index contributed by atoms with van der Waals surface area (Å²) >= 11 is 0. The van der Waals surface area contributed by atoms with Crippen molar-refractivity contribution in [1.82, 2.24) is 0 Å². The monoisotopic (exact) mass is 426 g/mol. The summed E-state index contributed by atoms with van der Waals surface area (Å²) in [6, 6.07) is 12.8. The molecule has 2 aromatic rings. The third-order valence-corrected chi connectivity index (χ3v) is 3.83. The van der Waals surface area contributed by atoms with Crippen molar-refractivity contribution >= 4 is 23.3 Å². The molecule has 0 saturated carbocycles. The van der Waals surface area contributed by atoms with Crippen molar-refractivity contribution in [2.24, 2.45) is 9.98 Å². The van der Waals surface area contributed by atoms with Crippen molar-refractivity contribution in [2.75, 3.05) is 0 Å². The van der Waals surface area contributed by atoms with Gasteiger partial charge in [-0.05, 0) is 87.1 Å². The minimum absolute atomic E-state index is 0. The minimum atomic E-state index is 0. The maximum Gasteiger partial charge on any atom is 0.0638 e. The molecule has 0 amide bonds. The van der Waals surface area contributed by atoms with E-state index in [9.17, 15) is 0 Å². The molecule has 0 fully saturated rings. The van der Waals surface area contributed by atoms with Crippen LogP contribution in [0.3, 0.4) is 0 Å². The smallest absolute Gasteiger partial charge is 0.0638 e. The molecular formula is C22H28N2Pd. The molecular weight excluding hydrogens is 399 g/mol. The second-order valence-electron chi connectivity index (χ2n) is 6.66. The SMILES string of the molecule is CCCCC(/C=N/c1cc(C)cc(C)c1)=N\c1cc(C)cc(C)c1.[Pd]. The van der Waals surface area contributed by atoms with Crippen LogP contribution in [-0.2, 0) is 20.4 Å². The predicted molar refractivity (Wildman–Crippen MR) is 107 cm³/mol. The Kier molecular flexibility index (Phi) is 8.97. The summed E-state index contributed by atoms with van der Waals surface area (Å²) < 4.78 is 0. The molecule has 2 nitrogen and oxygen atoms in total. The number of benzene rings is 2. The first-order chi connectivity index (χ1) is 11.5. The van der Waals surface area contributed by atoms with Crippen molar-refractivity contribution in [3.8, 4) is 0 Å². The summed E-state index contributed by atoms with van der Waals surface area (Å²) in [7, 11) is 0. The van der Waals surface area contributed by atoms with Crippen molar-refractivity contribution < 1.29 is 20.4 Å². The van der Waals surface area contributed by atoms with E-state index in [-0.39, 0.29) is 20.4 Å². The number of aliphatic imine (C=N–C) groups is 2. The summed E-state index contributed by atoms with van der Waals surface area (Å²) in [5.41, 5.74) is 8.03. The molecule has 25 heavy (non-hydrogen) atoms. The zero-order chi connectivity index (χ0) is 17.5. The maximum absolute atomic E-state index is 4.85. The van der Waals surface area contributed by atoms with Crippen LogP contribution in [0.4, 0.5) is 11.4 Å². The standard InChI is InChI=1S/C22H28N2.Pd/c1-6-7-8-20(24-22-13-18(4)10-19(5)14-22)15-23-21-11-16(2)9-17(3)12-21;/h9-15H,6-8H2,1-5H3;/b23-15+,24-20+;. The third kappa shape index (κ3) is 7.47. The van der Waals surface area contributed by atoms with E-state index in [0.29, 0.717) is 0 Å². The van der Waals surface area contributed by atoms with Crippen LogP contribution in [0, 0.1) is 27.7 Å². The molecule has 0 N–H and O–H groups in total. The molecule has 0 radical (unpaired) electrons. The molecule has 0 heterocycles. The first-order valence-electron chi connectivity index (χ1n) is 8.74. The van der Waals surface area contributed by atoms with E-state index < -0.39 is 0 Å². The van der Waals surface area contributed by atoms with Gasteiger partial charge in [0.05, 0.1) is 17.1 Å². The summed E-state index contributed by atoms with van der Waals surface area (Å²) in [4.78, 5) is 9.51.